The van der Waals surface area contributed by atoms with Gasteiger partial charge in [0.15, 0.2) is 0 Å². The van der Waals surface area contributed by atoms with Gasteiger partial charge in [0, 0.05) is 18.5 Å². The summed E-state index contributed by atoms with van der Waals surface area (Å²) < 4.78 is 0. The van der Waals surface area contributed by atoms with Crippen LogP contribution in [-0.2, 0) is 25.7 Å². The van der Waals surface area contributed by atoms with Gasteiger partial charge in [0.05, 0.1) is 5.69 Å². The Kier molecular flexibility index (Phi) is 2.50. The number of nitrogens with zero attached hydrogens (tertiary/aromatic N) is 1. The van der Waals surface area contributed by atoms with E-state index in [0.29, 0.717) is 0 Å². The molecule has 0 spiro atoms. The Morgan fingerprint density at radius 3 is 2.94 bits per heavy atom. The van der Waals surface area contributed by atoms with Gasteiger partial charge in [0.2, 0.25) is 0 Å². The molecular formula is C15H18N2. The molecule has 17 heavy (non-hydrogen) atoms. The third kappa shape index (κ3) is 1.88. The molecule has 1 aliphatic carbocycles. The van der Waals surface area contributed by atoms with Crippen LogP contribution in [0.2, 0.25) is 0 Å². The highest BCUT2D eigenvalue weighted by Gasteiger charge is 2.16. The summed E-state index contributed by atoms with van der Waals surface area (Å²) in [5.41, 5.74) is 6.90. The van der Waals surface area contributed by atoms with E-state index in [0.717, 1.165) is 31.5 Å². The molecule has 0 bridgehead atoms. The SMILES string of the molecule is CCc1nc2c([nH]1)Cc1cc(C)ccc1CC2. The minimum absolute atomic E-state index is 0.994. The minimum Gasteiger partial charge on any atom is -0.345 e. The number of H-pyrrole nitrogens is 1. The molecule has 0 fully saturated rings. The molecule has 0 atom stereocenters. The normalized spacial score (nSPS) is 14.0. The molecule has 88 valence electrons. The molecule has 2 aromatic rings. The molecule has 1 aromatic carbocycles. The molecule has 1 N–H and O–H groups in total. The maximum absolute atomic E-state index is 4.68. The lowest BCUT2D eigenvalue weighted by molar-refractivity contribution is 0.905. The van der Waals surface area contributed by atoms with Gasteiger partial charge >= 0.3 is 0 Å². The number of rotatable bonds is 1. The van der Waals surface area contributed by atoms with Crippen LogP contribution in [-0.4, -0.2) is 9.97 Å². The Bertz CT molecular complexity index is 552. The van der Waals surface area contributed by atoms with E-state index in [1.165, 1.54) is 28.1 Å². The fraction of sp³-hybridized carbons (Fsp3) is 0.400. The summed E-state index contributed by atoms with van der Waals surface area (Å²) in [6, 6.07) is 6.80. The Balaban J connectivity index is 2.03. The van der Waals surface area contributed by atoms with E-state index in [-0.39, 0.29) is 0 Å². The maximum Gasteiger partial charge on any atom is 0.106 e. The number of nitrogens with one attached hydrogen (secondary N) is 1. The Labute approximate surface area is 102 Å². The van der Waals surface area contributed by atoms with Crippen molar-refractivity contribution in [1.29, 1.82) is 0 Å². The minimum atomic E-state index is 0.994. The van der Waals surface area contributed by atoms with Crippen molar-refractivity contribution in [3.8, 4) is 0 Å². The lowest BCUT2D eigenvalue weighted by atomic mass is 10.0. The van der Waals surface area contributed by atoms with E-state index < -0.39 is 0 Å². The second-order valence-electron chi connectivity index (χ2n) is 4.91. The maximum atomic E-state index is 4.68. The van der Waals surface area contributed by atoms with Crippen LogP contribution in [0.4, 0.5) is 0 Å². The van der Waals surface area contributed by atoms with Crippen LogP contribution in [0.15, 0.2) is 18.2 Å². The quantitative estimate of drug-likeness (QED) is 0.795. The zero-order valence-electron chi connectivity index (χ0n) is 10.5. The predicted molar refractivity (Wildman–Crippen MR) is 69.4 cm³/mol. The molecule has 0 radical (unpaired) electrons. The highest BCUT2D eigenvalue weighted by Crippen LogP contribution is 2.24. The van der Waals surface area contributed by atoms with Crippen LogP contribution in [0.3, 0.4) is 0 Å². The topological polar surface area (TPSA) is 28.7 Å². The van der Waals surface area contributed by atoms with Crippen LogP contribution in [0.1, 0.15) is 40.8 Å². The molecule has 2 heteroatoms. The van der Waals surface area contributed by atoms with E-state index in [4.69, 9.17) is 0 Å². The average Bonchev–Trinajstić information content (AvgIpc) is 2.63. The van der Waals surface area contributed by atoms with Crippen LogP contribution < -0.4 is 0 Å². The molecule has 3 rings (SSSR count). The highest BCUT2D eigenvalue weighted by atomic mass is 14.9. The van der Waals surface area contributed by atoms with Gasteiger partial charge in [-0.25, -0.2) is 4.98 Å². The third-order valence-corrected chi connectivity index (χ3v) is 3.61. The number of imidazole rings is 1. The summed E-state index contributed by atoms with van der Waals surface area (Å²) in [6.07, 6.45) is 4.20. The Morgan fingerprint density at radius 2 is 2.12 bits per heavy atom. The molecule has 1 aromatic heterocycles. The van der Waals surface area contributed by atoms with Crippen LogP contribution in [0, 0.1) is 6.92 Å². The summed E-state index contributed by atoms with van der Waals surface area (Å²) in [6.45, 7) is 4.31. The van der Waals surface area contributed by atoms with E-state index >= 15 is 0 Å². The first-order valence-electron chi connectivity index (χ1n) is 6.41. The number of aryl methyl sites for hydroxylation is 4. The van der Waals surface area contributed by atoms with Crippen LogP contribution >= 0.6 is 0 Å². The van der Waals surface area contributed by atoms with Crippen LogP contribution in [0.5, 0.6) is 0 Å². The van der Waals surface area contributed by atoms with Crippen molar-refractivity contribution in [2.24, 2.45) is 0 Å². The Hall–Kier alpha value is -1.57. The van der Waals surface area contributed by atoms with Gasteiger partial charge < -0.3 is 4.98 Å². The van der Waals surface area contributed by atoms with Crippen molar-refractivity contribution in [2.45, 2.75) is 39.5 Å². The van der Waals surface area contributed by atoms with Gasteiger partial charge in [-0.1, -0.05) is 30.7 Å². The summed E-state index contributed by atoms with van der Waals surface area (Å²) in [5, 5.41) is 0. The standard InChI is InChI=1S/C15H18N2/c1-3-15-16-13-7-6-11-5-4-10(2)8-12(11)9-14(13)17-15/h4-5,8H,3,6-7,9H2,1-2H3,(H,16,17). The summed E-state index contributed by atoms with van der Waals surface area (Å²) >= 11 is 0. The van der Waals surface area contributed by atoms with Crippen molar-refractivity contribution in [1.82, 2.24) is 9.97 Å². The zero-order valence-corrected chi connectivity index (χ0v) is 10.5. The lowest BCUT2D eigenvalue weighted by Gasteiger charge is -2.06. The second kappa shape index (κ2) is 4.02. The molecule has 0 unspecified atom stereocenters. The van der Waals surface area contributed by atoms with Gasteiger partial charge in [-0.2, -0.15) is 0 Å². The molecular weight excluding hydrogens is 208 g/mol. The van der Waals surface area contributed by atoms with Crippen molar-refractivity contribution in [3.63, 3.8) is 0 Å². The summed E-state index contributed by atoms with van der Waals surface area (Å²) in [4.78, 5) is 8.15. The number of hydrogen-bond donors (Lipinski definition) is 1. The van der Waals surface area contributed by atoms with E-state index in [2.05, 4.69) is 42.0 Å². The van der Waals surface area contributed by atoms with E-state index in [1.54, 1.807) is 0 Å². The summed E-state index contributed by atoms with van der Waals surface area (Å²) in [5.74, 6) is 1.13. The van der Waals surface area contributed by atoms with Gasteiger partial charge in [0.25, 0.3) is 0 Å². The lowest BCUT2D eigenvalue weighted by Crippen LogP contribution is -1.94. The molecule has 1 heterocycles. The van der Waals surface area contributed by atoms with Gasteiger partial charge in [-0.15, -0.1) is 0 Å². The molecule has 2 nitrogen and oxygen atoms in total. The summed E-state index contributed by atoms with van der Waals surface area (Å²) in [7, 11) is 0. The first-order valence-corrected chi connectivity index (χ1v) is 6.41. The molecule has 1 aliphatic rings. The van der Waals surface area contributed by atoms with E-state index in [9.17, 15) is 0 Å². The fourth-order valence-electron chi connectivity index (χ4n) is 2.63. The Morgan fingerprint density at radius 1 is 1.24 bits per heavy atom. The third-order valence-electron chi connectivity index (χ3n) is 3.61. The largest absolute Gasteiger partial charge is 0.345 e. The van der Waals surface area contributed by atoms with Crippen molar-refractivity contribution >= 4 is 0 Å². The van der Waals surface area contributed by atoms with E-state index in [1.807, 2.05) is 0 Å². The number of hydrogen-bond acceptors (Lipinski definition) is 1. The smallest absolute Gasteiger partial charge is 0.106 e. The molecule has 0 saturated heterocycles. The molecule has 0 amide bonds. The number of benzene rings is 1. The van der Waals surface area contributed by atoms with Gasteiger partial charge in [-0.3, -0.25) is 0 Å². The fourth-order valence-corrected chi connectivity index (χ4v) is 2.63. The average molecular weight is 226 g/mol. The van der Waals surface area contributed by atoms with Crippen molar-refractivity contribution in [2.75, 3.05) is 0 Å². The first-order chi connectivity index (χ1) is 8.26. The predicted octanol–water partition coefficient (Wildman–Crippen LogP) is 2.97. The van der Waals surface area contributed by atoms with Crippen molar-refractivity contribution < 1.29 is 0 Å². The monoisotopic (exact) mass is 226 g/mol. The second-order valence-corrected chi connectivity index (χ2v) is 4.91. The van der Waals surface area contributed by atoms with Crippen molar-refractivity contribution in [3.05, 3.63) is 52.1 Å². The first kappa shape index (κ1) is 10.6. The molecule has 0 saturated carbocycles. The number of fused-ring (bicyclic) bond motifs is 2. The van der Waals surface area contributed by atoms with Gasteiger partial charge in [-0.05, 0) is 30.9 Å². The zero-order chi connectivity index (χ0) is 11.8. The van der Waals surface area contributed by atoms with Gasteiger partial charge in [0.1, 0.15) is 5.82 Å². The molecule has 0 aliphatic heterocycles. The number of aromatic nitrogens is 2. The number of aromatic amines is 1. The van der Waals surface area contributed by atoms with Crippen LogP contribution in [0.25, 0.3) is 0 Å². The highest BCUT2D eigenvalue weighted by molar-refractivity contribution is 5.38.